The molecule has 0 aliphatic heterocycles. The topological polar surface area (TPSA) is 64.6 Å². The maximum absolute atomic E-state index is 11.7. The fraction of sp³-hybridized carbons (Fsp3) is 0.158. The molecule has 0 aliphatic rings. The summed E-state index contributed by atoms with van der Waals surface area (Å²) < 4.78 is 10.9. The van der Waals surface area contributed by atoms with Crippen LogP contribution in [-0.2, 0) is 20.9 Å². The van der Waals surface area contributed by atoms with Crippen molar-refractivity contribution in [1.82, 2.24) is 5.32 Å². The van der Waals surface area contributed by atoms with Gasteiger partial charge in [-0.05, 0) is 41.5 Å². The van der Waals surface area contributed by atoms with Gasteiger partial charge >= 0.3 is 5.97 Å². The molecule has 5 nitrogen and oxygen atoms in total. The molecule has 0 aromatic heterocycles. The van der Waals surface area contributed by atoms with Crippen LogP contribution in [0.2, 0.25) is 0 Å². The molecule has 130 valence electrons. The van der Waals surface area contributed by atoms with Gasteiger partial charge < -0.3 is 14.8 Å². The average molecular weight is 404 g/mol. The van der Waals surface area contributed by atoms with E-state index < -0.39 is 5.97 Å². The number of amides is 1. The van der Waals surface area contributed by atoms with E-state index in [4.69, 9.17) is 9.47 Å². The number of methoxy groups -OCH3 is 1. The van der Waals surface area contributed by atoms with Crippen LogP contribution in [0.4, 0.5) is 0 Å². The van der Waals surface area contributed by atoms with E-state index in [-0.39, 0.29) is 12.5 Å². The molecule has 1 N–H and O–H groups in total. The summed E-state index contributed by atoms with van der Waals surface area (Å²) in [6, 6.07) is 14.8. The van der Waals surface area contributed by atoms with Gasteiger partial charge in [0.2, 0.25) is 0 Å². The van der Waals surface area contributed by atoms with Crippen molar-refractivity contribution in [3.63, 3.8) is 0 Å². The van der Waals surface area contributed by atoms with Crippen LogP contribution in [0.5, 0.6) is 5.75 Å². The zero-order valence-corrected chi connectivity index (χ0v) is 15.3. The molecule has 0 radical (unpaired) electrons. The number of esters is 1. The molecule has 0 aliphatic carbocycles. The van der Waals surface area contributed by atoms with E-state index >= 15 is 0 Å². The van der Waals surface area contributed by atoms with Crippen LogP contribution in [0.3, 0.4) is 0 Å². The van der Waals surface area contributed by atoms with Crippen molar-refractivity contribution in [1.29, 1.82) is 0 Å². The largest absolute Gasteiger partial charge is 0.497 e. The summed E-state index contributed by atoms with van der Waals surface area (Å²) in [5.41, 5.74) is 1.79. The maximum atomic E-state index is 11.7. The third kappa shape index (κ3) is 6.81. The number of hydrogen-bond donors (Lipinski definition) is 1. The predicted octanol–water partition coefficient (Wildman–Crippen LogP) is 3.33. The molecule has 0 heterocycles. The number of carbonyl (C=O) groups excluding carboxylic acids is 2. The Morgan fingerprint density at radius 1 is 1.08 bits per heavy atom. The van der Waals surface area contributed by atoms with E-state index in [1.807, 2.05) is 48.5 Å². The first kappa shape index (κ1) is 18.7. The molecular formula is C19H18BrNO4. The number of benzene rings is 2. The van der Waals surface area contributed by atoms with E-state index in [1.54, 1.807) is 13.2 Å². The maximum Gasteiger partial charge on any atom is 0.331 e. The van der Waals surface area contributed by atoms with E-state index in [1.165, 1.54) is 6.08 Å². The summed E-state index contributed by atoms with van der Waals surface area (Å²) in [6.07, 6.45) is 2.92. The predicted molar refractivity (Wildman–Crippen MR) is 99.0 cm³/mol. The molecule has 0 fully saturated rings. The molecule has 0 spiro atoms. The van der Waals surface area contributed by atoms with E-state index in [9.17, 15) is 9.59 Å². The van der Waals surface area contributed by atoms with Crippen molar-refractivity contribution in [3.8, 4) is 5.75 Å². The van der Waals surface area contributed by atoms with Crippen LogP contribution in [0, 0.1) is 0 Å². The lowest BCUT2D eigenvalue weighted by molar-refractivity contribution is -0.143. The summed E-state index contributed by atoms with van der Waals surface area (Å²) >= 11 is 3.34. The van der Waals surface area contributed by atoms with Gasteiger partial charge in [0.1, 0.15) is 5.75 Å². The Morgan fingerprint density at radius 2 is 1.76 bits per heavy atom. The Morgan fingerprint density at radius 3 is 2.40 bits per heavy atom. The molecule has 6 heteroatoms. The van der Waals surface area contributed by atoms with E-state index in [0.29, 0.717) is 6.54 Å². The van der Waals surface area contributed by atoms with E-state index in [0.717, 1.165) is 21.3 Å². The zero-order valence-electron chi connectivity index (χ0n) is 13.7. The van der Waals surface area contributed by atoms with Gasteiger partial charge in [-0.15, -0.1) is 0 Å². The summed E-state index contributed by atoms with van der Waals surface area (Å²) in [6.45, 7) is 0.0365. The third-order valence-electron chi connectivity index (χ3n) is 3.28. The van der Waals surface area contributed by atoms with E-state index in [2.05, 4.69) is 21.2 Å². The summed E-state index contributed by atoms with van der Waals surface area (Å²) in [7, 11) is 1.59. The van der Waals surface area contributed by atoms with Crippen molar-refractivity contribution in [2.75, 3.05) is 13.7 Å². The van der Waals surface area contributed by atoms with Crippen molar-refractivity contribution in [2.24, 2.45) is 0 Å². The highest BCUT2D eigenvalue weighted by atomic mass is 79.9. The fourth-order valence-corrected chi connectivity index (χ4v) is 2.18. The van der Waals surface area contributed by atoms with Gasteiger partial charge in [-0.2, -0.15) is 0 Å². The van der Waals surface area contributed by atoms with Crippen LogP contribution in [0.25, 0.3) is 6.08 Å². The Kier molecular flexibility index (Phi) is 7.22. The molecule has 2 aromatic rings. The minimum Gasteiger partial charge on any atom is -0.497 e. The molecule has 0 bridgehead atoms. The van der Waals surface area contributed by atoms with Crippen LogP contribution in [0.1, 0.15) is 11.1 Å². The second-order valence-corrected chi connectivity index (χ2v) is 6.03. The van der Waals surface area contributed by atoms with Gasteiger partial charge in [-0.3, -0.25) is 4.79 Å². The fourth-order valence-electron chi connectivity index (χ4n) is 1.92. The monoisotopic (exact) mass is 403 g/mol. The lowest BCUT2D eigenvalue weighted by Gasteiger charge is -2.06. The highest BCUT2D eigenvalue weighted by Crippen LogP contribution is 2.12. The number of rotatable bonds is 7. The minimum absolute atomic E-state index is 0.320. The number of ether oxygens (including phenoxy) is 2. The summed E-state index contributed by atoms with van der Waals surface area (Å²) in [5.74, 6) is -0.176. The Bertz CT molecular complexity index is 739. The van der Waals surface area contributed by atoms with Gasteiger partial charge in [0.05, 0.1) is 7.11 Å². The first-order valence-electron chi connectivity index (χ1n) is 7.57. The second-order valence-electron chi connectivity index (χ2n) is 5.12. The van der Waals surface area contributed by atoms with Crippen molar-refractivity contribution in [3.05, 3.63) is 70.2 Å². The molecule has 2 rings (SSSR count). The smallest absolute Gasteiger partial charge is 0.331 e. The van der Waals surface area contributed by atoms with Gasteiger partial charge in [0, 0.05) is 17.1 Å². The Labute approximate surface area is 154 Å². The molecule has 25 heavy (non-hydrogen) atoms. The summed E-state index contributed by atoms with van der Waals surface area (Å²) in [4.78, 5) is 23.3. The number of hydrogen-bond acceptors (Lipinski definition) is 4. The van der Waals surface area contributed by atoms with Crippen molar-refractivity contribution >= 4 is 33.9 Å². The third-order valence-corrected chi connectivity index (χ3v) is 3.80. The van der Waals surface area contributed by atoms with Gasteiger partial charge in [-0.25, -0.2) is 4.79 Å². The lowest BCUT2D eigenvalue weighted by Crippen LogP contribution is -2.28. The number of nitrogens with one attached hydrogen (secondary N) is 1. The highest BCUT2D eigenvalue weighted by molar-refractivity contribution is 9.10. The lowest BCUT2D eigenvalue weighted by atomic mass is 10.2. The molecule has 0 unspecified atom stereocenters. The zero-order chi connectivity index (χ0) is 18.1. The van der Waals surface area contributed by atoms with Crippen LogP contribution in [0.15, 0.2) is 59.1 Å². The Balaban J connectivity index is 1.71. The van der Waals surface area contributed by atoms with Crippen LogP contribution >= 0.6 is 15.9 Å². The molecular weight excluding hydrogens is 386 g/mol. The molecule has 2 aromatic carbocycles. The molecule has 1 amide bonds. The molecule has 0 atom stereocenters. The van der Waals surface area contributed by atoms with Crippen molar-refractivity contribution < 1.29 is 19.1 Å². The SMILES string of the molecule is COc1ccc(CNC(=O)COC(=O)/C=C/c2ccc(Br)cc2)cc1. The second kappa shape index (κ2) is 9.64. The van der Waals surface area contributed by atoms with Crippen molar-refractivity contribution in [2.45, 2.75) is 6.54 Å². The minimum atomic E-state index is -0.567. The standard InChI is InChI=1S/C19H18BrNO4/c1-24-17-9-4-15(5-10-17)12-21-18(22)13-25-19(23)11-6-14-2-7-16(20)8-3-14/h2-11H,12-13H2,1H3,(H,21,22)/b11-6+. The normalized spacial score (nSPS) is 10.5. The quantitative estimate of drug-likeness (QED) is 0.568. The molecule has 0 saturated carbocycles. The first-order chi connectivity index (χ1) is 12.1. The number of halogens is 1. The number of carbonyl (C=O) groups is 2. The van der Waals surface area contributed by atoms with Gasteiger partial charge in [0.25, 0.3) is 5.91 Å². The Hall–Kier alpha value is -2.60. The van der Waals surface area contributed by atoms with Crippen LogP contribution < -0.4 is 10.1 Å². The highest BCUT2D eigenvalue weighted by Gasteiger charge is 2.05. The average Bonchev–Trinajstić information content (AvgIpc) is 2.64. The first-order valence-corrected chi connectivity index (χ1v) is 8.36. The van der Waals surface area contributed by atoms with Gasteiger partial charge in [-0.1, -0.05) is 40.2 Å². The summed E-state index contributed by atoms with van der Waals surface area (Å²) in [5, 5.41) is 2.69. The molecule has 0 saturated heterocycles. The van der Waals surface area contributed by atoms with Crippen LogP contribution in [-0.4, -0.2) is 25.6 Å². The van der Waals surface area contributed by atoms with Gasteiger partial charge in [0.15, 0.2) is 6.61 Å².